The molecule has 158 valence electrons. The SMILES string of the molecule is CCc1cc(C(=O)NCc2cccc(Oc3ccc(OC(F)(F)F)cc3)c2)n(C)n1. The Bertz CT molecular complexity index is 1010. The first kappa shape index (κ1) is 21.2. The highest BCUT2D eigenvalue weighted by Crippen LogP contribution is 2.27. The Morgan fingerprint density at radius 2 is 1.77 bits per heavy atom. The molecule has 0 bridgehead atoms. The van der Waals surface area contributed by atoms with Crippen LogP contribution in [0, 0.1) is 0 Å². The van der Waals surface area contributed by atoms with Crippen LogP contribution in [0.25, 0.3) is 0 Å². The summed E-state index contributed by atoms with van der Waals surface area (Å²) in [6.07, 6.45) is -4.00. The first-order valence-corrected chi connectivity index (χ1v) is 9.17. The monoisotopic (exact) mass is 419 g/mol. The van der Waals surface area contributed by atoms with Crippen LogP contribution in [-0.4, -0.2) is 22.1 Å². The molecule has 3 aromatic rings. The predicted octanol–water partition coefficient (Wildman–Crippen LogP) is 4.60. The number of amides is 1. The number of aryl methyl sites for hydroxylation is 2. The summed E-state index contributed by atoms with van der Waals surface area (Å²) in [5.41, 5.74) is 2.11. The third-order valence-corrected chi connectivity index (χ3v) is 4.17. The van der Waals surface area contributed by atoms with Gasteiger partial charge in [0, 0.05) is 13.6 Å². The number of alkyl halides is 3. The topological polar surface area (TPSA) is 65.4 Å². The second-order valence-corrected chi connectivity index (χ2v) is 6.45. The number of nitrogens with zero attached hydrogens (tertiary/aromatic N) is 2. The van der Waals surface area contributed by atoms with Crippen molar-refractivity contribution in [3.8, 4) is 17.2 Å². The molecular formula is C21H20F3N3O3. The third kappa shape index (κ3) is 5.76. The van der Waals surface area contributed by atoms with Crippen LogP contribution in [0.2, 0.25) is 0 Å². The van der Waals surface area contributed by atoms with Crippen LogP contribution in [0.3, 0.4) is 0 Å². The highest BCUT2D eigenvalue weighted by molar-refractivity contribution is 5.92. The summed E-state index contributed by atoms with van der Waals surface area (Å²) in [6, 6.07) is 13.9. The van der Waals surface area contributed by atoms with Crippen LogP contribution in [0.5, 0.6) is 17.2 Å². The fourth-order valence-electron chi connectivity index (χ4n) is 2.75. The van der Waals surface area contributed by atoms with Crippen molar-refractivity contribution >= 4 is 5.91 Å². The Kier molecular flexibility index (Phi) is 6.29. The van der Waals surface area contributed by atoms with Gasteiger partial charge in [-0.25, -0.2) is 0 Å². The summed E-state index contributed by atoms with van der Waals surface area (Å²) in [6.45, 7) is 2.24. The number of ether oxygens (including phenoxy) is 2. The van der Waals surface area contributed by atoms with E-state index >= 15 is 0 Å². The molecule has 0 spiro atoms. The zero-order valence-electron chi connectivity index (χ0n) is 16.4. The van der Waals surface area contributed by atoms with E-state index in [0.29, 0.717) is 17.2 Å². The number of hydrogen-bond acceptors (Lipinski definition) is 4. The summed E-state index contributed by atoms with van der Waals surface area (Å²) in [4.78, 5) is 12.4. The molecule has 0 saturated heterocycles. The summed E-state index contributed by atoms with van der Waals surface area (Å²) < 4.78 is 47.7. The average molecular weight is 419 g/mol. The second kappa shape index (κ2) is 8.89. The van der Waals surface area contributed by atoms with Gasteiger partial charge in [-0.1, -0.05) is 19.1 Å². The largest absolute Gasteiger partial charge is 0.573 e. The van der Waals surface area contributed by atoms with Crippen LogP contribution < -0.4 is 14.8 Å². The lowest BCUT2D eigenvalue weighted by molar-refractivity contribution is -0.274. The molecule has 0 saturated carbocycles. The van der Waals surface area contributed by atoms with Gasteiger partial charge in [0.15, 0.2) is 0 Å². The molecule has 2 aromatic carbocycles. The van der Waals surface area contributed by atoms with Crippen LogP contribution >= 0.6 is 0 Å². The zero-order valence-corrected chi connectivity index (χ0v) is 16.4. The molecular weight excluding hydrogens is 399 g/mol. The summed E-state index contributed by atoms with van der Waals surface area (Å²) in [7, 11) is 1.72. The highest BCUT2D eigenvalue weighted by Gasteiger charge is 2.31. The summed E-state index contributed by atoms with van der Waals surface area (Å²) in [5.74, 6) is 0.275. The van der Waals surface area contributed by atoms with E-state index in [1.165, 1.54) is 24.3 Å². The Morgan fingerprint density at radius 1 is 1.07 bits per heavy atom. The molecule has 1 amide bonds. The first-order valence-electron chi connectivity index (χ1n) is 9.17. The molecule has 3 rings (SSSR count). The minimum Gasteiger partial charge on any atom is -0.457 e. The molecule has 9 heteroatoms. The molecule has 0 aliphatic heterocycles. The van der Waals surface area contributed by atoms with Gasteiger partial charge < -0.3 is 14.8 Å². The number of carbonyl (C=O) groups excluding carboxylic acids is 1. The maximum atomic E-state index is 12.4. The fourth-order valence-corrected chi connectivity index (χ4v) is 2.75. The minimum atomic E-state index is -4.74. The molecule has 1 N–H and O–H groups in total. The van der Waals surface area contributed by atoms with Crippen LogP contribution in [-0.2, 0) is 20.0 Å². The van der Waals surface area contributed by atoms with Gasteiger partial charge in [-0.05, 0) is 54.4 Å². The van der Waals surface area contributed by atoms with E-state index in [2.05, 4.69) is 15.2 Å². The lowest BCUT2D eigenvalue weighted by atomic mass is 10.2. The number of halogens is 3. The van der Waals surface area contributed by atoms with Crippen LogP contribution in [0.1, 0.15) is 28.7 Å². The third-order valence-electron chi connectivity index (χ3n) is 4.17. The second-order valence-electron chi connectivity index (χ2n) is 6.45. The molecule has 30 heavy (non-hydrogen) atoms. The zero-order chi connectivity index (χ0) is 21.7. The van der Waals surface area contributed by atoms with E-state index in [1.807, 2.05) is 13.0 Å². The smallest absolute Gasteiger partial charge is 0.457 e. The average Bonchev–Trinajstić information content (AvgIpc) is 3.08. The maximum absolute atomic E-state index is 12.4. The predicted molar refractivity (Wildman–Crippen MR) is 103 cm³/mol. The molecule has 0 aliphatic carbocycles. The van der Waals surface area contributed by atoms with Crippen molar-refractivity contribution in [2.75, 3.05) is 0 Å². The lowest BCUT2D eigenvalue weighted by Crippen LogP contribution is -2.25. The van der Waals surface area contributed by atoms with Crippen molar-refractivity contribution in [1.29, 1.82) is 0 Å². The van der Waals surface area contributed by atoms with Gasteiger partial charge in [-0.2, -0.15) is 5.10 Å². The molecule has 0 radical (unpaired) electrons. The number of hydrogen-bond donors (Lipinski definition) is 1. The van der Waals surface area contributed by atoms with Gasteiger partial charge in [0.2, 0.25) is 0 Å². The number of rotatable bonds is 7. The van der Waals surface area contributed by atoms with E-state index in [1.54, 1.807) is 36.0 Å². The number of aromatic nitrogens is 2. The first-order chi connectivity index (χ1) is 14.2. The lowest BCUT2D eigenvalue weighted by Gasteiger charge is -2.11. The molecule has 0 atom stereocenters. The molecule has 0 unspecified atom stereocenters. The molecule has 6 nitrogen and oxygen atoms in total. The van der Waals surface area contributed by atoms with E-state index in [0.717, 1.165) is 17.7 Å². The maximum Gasteiger partial charge on any atom is 0.573 e. The Morgan fingerprint density at radius 3 is 2.40 bits per heavy atom. The van der Waals surface area contributed by atoms with Gasteiger partial charge in [-0.15, -0.1) is 13.2 Å². The van der Waals surface area contributed by atoms with E-state index in [-0.39, 0.29) is 18.2 Å². The van der Waals surface area contributed by atoms with Gasteiger partial charge in [0.05, 0.1) is 5.69 Å². The Labute approximate surface area is 171 Å². The van der Waals surface area contributed by atoms with E-state index in [4.69, 9.17) is 4.74 Å². The highest BCUT2D eigenvalue weighted by atomic mass is 19.4. The van der Waals surface area contributed by atoms with Crippen LogP contribution in [0.4, 0.5) is 13.2 Å². The Balaban J connectivity index is 1.60. The minimum absolute atomic E-state index is 0.240. The van der Waals surface area contributed by atoms with Crippen LogP contribution in [0.15, 0.2) is 54.6 Å². The van der Waals surface area contributed by atoms with Gasteiger partial charge in [0.1, 0.15) is 22.9 Å². The van der Waals surface area contributed by atoms with Gasteiger partial charge in [0.25, 0.3) is 5.91 Å². The van der Waals surface area contributed by atoms with Crippen molar-refractivity contribution in [3.63, 3.8) is 0 Å². The van der Waals surface area contributed by atoms with Gasteiger partial charge >= 0.3 is 6.36 Å². The van der Waals surface area contributed by atoms with E-state index < -0.39 is 6.36 Å². The van der Waals surface area contributed by atoms with Crippen molar-refractivity contribution in [1.82, 2.24) is 15.1 Å². The Hall–Kier alpha value is -3.49. The van der Waals surface area contributed by atoms with E-state index in [9.17, 15) is 18.0 Å². The normalized spacial score (nSPS) is 11.2. The standard InChI is InChI=1S/C21H20F3N3O3/c1-3-15-12-19(27(2)26-15)20(28)25-13-14-5-4-6-18(11-14)29-16-7-9-17(10-8-16)30-21(22,23)24/h4-12H,3,13H2,1-2H3,(H,25,28). The quantitative estimate of drug-likeness (QED) is 0.608. The number of nitrogens with one attached hydrogen (secondary N) is 1. The fraction of sp³-hybridized carbons (Fsp3) is 0.238. The number of carbonyl (C=O) groups is 1. The molecule has 1 aromatic heterocycles. The molecule has 0 aliphatic rings. The number of benzene rings is 2. The molecule has 1 heterocycles. The molecule has 0 fully saturated rings. The van der Waals surface area contributed by atoms with Crippen molar-refractivity contribution < 1.29 is 27.4 Å². The summed E-state index contributed by atoms with van der Waals surface area (Å²) in [5, 5.41) is 7.09. The van der Waals surface area contributed by atoms with Crippen molar-refractivity contribution in [3.05, 3.63) is 71.5 Å². The van der Waals surface area contributed by atoms with Crippen molar-refractivity contribution in [2.45, 2.75) is 26.3 Å². The van der Waals surface area contributed by atoms with Crippen molar-refractivity contribution in [2.24, 2.45) is 7.05 Å². The summed E-state index contributed by atoms with van der Waals surface area (Å²) >= 11 is 0. The van der Waals surface area contributed by atoms with Gasteiger partial charge in [-0.3, -0.25) is 9.48 Å².